The van der Waals surface area contributed by atoms with E-state index in [1.165, 1.54) is 0 Å². The van der Waals surface area contributed by atoms with Gasteiger partial charge in [0.05, 0.1) is 18.9 Å². The van der Waals surface area contributed by atoms with Crippen LogP contribution in [0.15, 0.2) is 5.29 Å². The number of esters is 2. The molecule has 0 heterocycles. The molecule has 20 heavy (non-hydrogen) atoms. The van der Waals surface area contributed by atoms with Gasteiger partial charge in [-0.05, 0) is 0 Å². The van der Waals surface area contributed by atoms with Crippen molar-refractivity contribution in [3.05, 3.63) is 4.91 Å². The van der Waals surface area contributed by atoms with Gasteiger partial charge in [0.25, 0.3) is 0 Å². The van der Waals surface area contributed by atoms with Gasteiger partial charge in [-0.2, -0.15) is 5.01 Å². The molecule has 1 atom stereocenters. The van der Waals surface area contributed by atoms with Crippen molar-refractivity contribution in [2.24, 2.45) is 5.29 Å². The van der Waals surface area contributed by atoms with E-state index in [-0.39, 0.29) is 12.4 Å². The molecule has 0 saturated carbocycles. The van der Waals surface area contributed by atoms with Gasteiger partial charge in [0.15, 0.2) is 6.04 Å². The van der Waals surface area contributed by atoms with Crippen LogP contribution >= 0.6 is 23.2 Å². The Morgan fingerprint density at radius 2 is 2.00 bits per heavy atom. The van der Waals surface area contributed by atoms with Crippen molar-refractivity contribution >= 4 is 41.2 Å². The lowest BCUT2D eigenvalue weighted by molar-refractivity contribution is -0.148. The van der Waals surface area contributed by atoms with Crippen molar-refractivity contribution < 1.29 is 23.9 Å². The zero-order valence-electron chi connectivity index (χ0n) is 10.5. The zero-order chi connectivity index (χ0) is 15.5. The number of alkyl halides is 2. The maximum Gasteiger partial charge on any atom is 0.341 e. The van der Waals surface area contributed by atoms with E-state index in [2.05, 4.69) is 20.1 Å². The van der Waals surface area contributed by atoms with Gasteiger partial charge in [-0.1, -0.05) is 0 Å². The number of methoxy groups -OCH3 is 1. The van der Waals surface area contributed by atoms with Gasteiger partial charge in [-0.15, -0.1) is 28.1 Å². The van der Waals surface area contributed by atoms with E-state index in [0.717, 1.165) is 7.11 Å². The molecule has 0 aromatic rings. The highest BCUT2D eigenvalue weighted by Crippen LogP contribution is 1.97. The summed E-state index contributed by atoms with van der Waals surface area (Å²) < 4.78 is 9.03. The lowest BCUT2D eigenvalue weighted by Gasteiger charge is -2.19. The Labute approximate surface area is 124 Å². The Hall–Kier alpha value is -1.61. The van der Waals surface area contributed by atoms with E-state index in [1.54, 1.807) is 0 Å². The molecule has 0 aromatic heterocycles. The number of hydrogen-bond acceptors (Lipinski definition) is 7. The third-order valence-corrected chi connectivity index (χ3v) is 2.32. The predicted molar refractivity (Wildman–Crippen MR) is 69.2 cm³/mol. The maximum absolute atomic E-state index is 11.6. The summed E-state index contributed by atoms with van der Waals surface area (Å²) in [6.45, 7) is -0.635. The van der Waals surface area contributed by atoms with Crippen LogP contribution in [0.1, 0.15) is 0 Å². The minimum absolute atomic E-state index is 0.0245. The summed E-state index contributed by atoms with van der Waals surface area (Å²) in [6, 6.07) is -2.27. The number of halogens is 2. The van der Waals surface area contributed by atoms with E-state index in [4.69, 9.17) is 23.2 Å². The first kappa shape index (κ1) is 18.4. The van der Waals surface area contributed by atoms with Gasteiger partial charge < -0.3 is 14.8 Å². The normalized spacial score (nSPS) is 11.2. The van der Waals surface area contributed by atoms with E-state index in [1.807, 2.05) is 0 Å². The van der Waals surface area contributed by atoms with Crippen LogP contribution in [0.25, 0.3) is 0 Å². The average molecular weight is 330 g/mol. The molecule has 114 valence electrons. The molecule has 9 nitrogen and oxygen atoms in total. The maximum atomic E-state index is 11.6. The van der Waals surface area contributed by atoms with E-state index in [9.17, 15) is 19.3 Å². The summed E-state index contributed by atoms with van der Waals surface area (Å²) >= 11 is 10.6. The third-order valence-electron chi connectivity index (χ3n) is 1.93. The number of nitroso groups, excluding NO2 is 1. The molecule has 1 N–H and O–H groups in total. The molecule has 0 aliphatic rings. The summed E-state index contributed by atoms with van der Waals surface area (Å²) in [5.74, 6) is -2.07. The van der Waals surface area contributed by atoms with E-state index >= 15 is 0 Å². The van der Waals surface area contributed by atoms with Crippen molar-refractivity contribution in [3.8, 4) is 0 Å². The SMILES string of the molecule is COC(=O)C(COC(=O)CCl)NC(=O)N(CCCl)N=O. The van der Waals surface area contributed by atoms with E-state index < -0.39 is 36.5 Å². The highest BCUT2D eigenvalue weighted by molar-refractivity contribution is 6.26. The summed E-state index contributed by atoms with van der Waals surface area (Å²) in [5, 5.41) is 5.03. The molecule has 0 aliphatic heterocycles. The van der Waals surface area contributed by atoms with E-state index in [0.29, 0.717) is 5.01 Å². The van der Waals surface area contributed by atoms with Crippen LogP contribution < -0.4 is 5.32 Å². The molecule has 0 saturated heterocycles. The Kier molecular flexibility index (Phi) is 9.39. The van der Waals surface area contributed by atoms with Crippen molar-refractivity contribution in [3.63, 3.8) is 0 Å². The Bertz CT molecular complexity index is 368. The molecule has 0 radical (unpaired) electrons. The van der Waals surface area contributed by atoms with Crippen LogP contribution in [0.5, 0.6) is 0 Å². The summed E-state index contributed by atoms with van der Waals surface area (Å²) in [6.07, 6.45) is 0. The molecule has 11 heteroatoms. The highest BCUT2D eigenvalue weighted by atomic mass is 35.5. The lowest BCUT2D eigenvalue weighted by Crippen LogP contribution is -2.49. The molecule has 0 spiro atoms. The number of nitrogens with one attached hydrogen (secondary N) is 1. The average Bonchev–Trinajstić information content (AvgIpc) is 2.47. The summed E-state index contributed by atoms with van der Waals surface area (Å²) in [5.41, 5.74) is 0. The topological polar surface area (TPSA) is 114 Å². The monoisotopic (exact) mass is 329 g/mol. The number of carbonyl (C=O) groups excluding carboxylic acids is 3. The van der Waals surface area contributed by atoms with Crippen molar-refractivity contribution in [2.75, 3.05) is 32.0 Å². The minimum Gasteiger partial charge on any atom is -0.467 e. The minimum atomic E-state index is -1.29. The quantitative estimate of drug-likeness (QED) is 0.295. The molecule has 0 aliphatic carbocycles. The third kappa shape index (κ3) is 6.53. The number of carbonyl (C=O) groups is 3. The van der Waals surface area contributed by atoms with Crippen LogP contribution in [-0.4, -0.2) is 61.0 Å². The van der Waals surface area contributed by atoms with Crippen molar-refractivity contribution in [2.45, 2.75) is 6.04 Å². The standard InChI is InChI=1S/C9H13Cl2N3O6/c1-19-8(16)6(5-20-7(15)4-11)12-9(17)14(13-18)3-2-10/h6H,2-5H2,1H3,(H,12,17). The van der Waals surface area contributed by atoms with Crippen molar-refractivity contribution in [1.82, 2.24) is 10.3 Å². The molecular weight excluding hydrogens is 317 g/mol. The molecule has 0 aromatic carbocycles. The molecular formula is C9H13Cl2N3O6. The van der Waals surface area contributed by atoms with Gasteiger partial charge in [0.1, 0.15) is 12.5 Å². The summed E-state index contributed by atoms with van der Waals surface area (Å²) in [4.78, 5) is 44.3. The van der Waals surface area contributed by atoms with Crippen LogP contribution in [0.4, 0.5) is 4.79 Å². The van der Waals surface area contributed by atoms with Gasteiger partial charge in [0, 0.05) is 5.88 Å². The van der Waals surface area contributed by atoms with Gasteiger partial charge in [-0.25, -0.2) is 9.59 Å². The number of hydrogen-bond donors (Lipinski definition) is 1. The van der Waals surface area contributed by atoms with Crippen molar-refractivity contribution in [1.29, 1.82) is 0 Å². The number of nitrogens with zero attached hydrogens (tertiary/aromatic N) is 2. The molecule has 1 unspecified atom stereocenters. The van der Waals surface area contributed by atoms with Gasteiger partial charge >= 0.3 is 18.0 Å². The first-order chi connectivity index (χ1) is 9.49. The second-order valence-corrected chi connectivity index (χ2v) is 3.88. The molecule has 2 amide bonds. The Morgan fingerprint density at radius 3 is 2.45 bits per heavy atom. The number of rotatable bonds is 8. The Morgan fingerprint density at radius 1 is 1.35 bits per heavy atom. The van der Waals surface area contributed by atoms with Crippen LogP contribution in [0.3, 0.4) is 0 Å². The molecule has 0 fully saturated rings. The zero-order valence-corrected chi connectivity index (χ0v) is 12.0. The first-order valence-electron chi connectivity index (χ1n) is 5.26. The Balaban J connectivity index is 4.63. The smallest absolute Gasteiger partial charge is 0.341 e. The second kappa shape index (κ2) is 10.2. The van der Waals surface area contributed by atoms with Crippen LogP contribution in [-0.2, 0) is 19.1 Å². The van der Waals surface area contributed by atoms with Crippen LogP contribution in [0.2, 0.25) is 0 Å². The van der Waals surface area contributed by atoms with Crippen LogP contribution in [0, 0.1) is 4.91 Å². The number of ether oxygens (including phenoxy) is 2. The van der Waals surface area contributed by atoms with Gasteiger partial charge in [0.2, 0.25) is 0 Å². The fourth-order valence-electron chi connectivity index (χ4n) is 1.01. The van der Waals surface area contributed by atoms with Gasteiger partial charge in [-0.3, -0.25) is 4.79 Å². The lowest BCUT2D eigenvalue weighted by atomic mass is 10.3. The highest BCUT2D eigenvalue weighted by Gasteiger charge is 2.26. The predicted octanol–water partition coefficient (Wildman–Crippen LogP) is 0.242. The fraction of sp³-hybridized carbons (Fsp3) is 0.667. The largest absolute Gasteiger partial charge is 0.467 e. The fourth-order valence-corrected chi connectivity index (χ4v) is 1.25. The molecule has 0 rings (SSSR count). The first-order valence-corrected chi connectivity index (χ1v) is 6.33. The molecule has 0 bridgehead atoms. The number of urea groups is 1. The summed E-state index contributed by atoms with van der Waals surface area (Å²) in [7, 11) is 1.08. The second-order valence-electron chi connectivity index (χ2n) is 3.24. The number of amides is 2.